The van der Waals surface area contributed by atoms with E-state index in [-0.39, 0.29) is 0 Å². The van der Waals surface area contributed by atoms with Gasteiger partial charge in [-0.1, -0.05) is 35.0 Å². The van der Waals surface area contributed by atoms with E-state index < -0.39 is 0 Å². The summed E-state index contributed by atoms with van der Waals surface area (Å²) >= 11 is 13.7. The molecule has 0 saturated heterocycles. The standard InChI is InChI=1S/C14H14Cl2N4S/c1-21-14-18-5-10-8-20(3-2-12(10)19-14)7-9-4-11(15)6-17-13(9)16/h4-6H,2-3,7-8H2,1H3. The third kappa shape index (κ3) is 3.48. The number of pyridine rings is 1. The average Bonchev–Trinajstić information content (AvgIpc) is 2.50. The Hall–Kier alpha value is -0.880. The van der Waals surface area contributed by atoms with Gasteiger partial charge >= 0.3 is 0 Å². The SMILES string of the molecule is CSc1ncc2c(n1)CCN(Cc1cc(Cl)cnc1Cl)C2. The van der Waals surface area contributed by atoms with Crippen molar-refractivity contribution in [3.05, 3.63) is 45.5 Å². The number of rotatable bonds is 3. The van der Waals surface area contributed by atoms with E-state index in [2.05, 4.69) is 19.9 Å². The fourth-order valence-corrected chi connectivity index (χ4v) is 3.11. The first-order chi connectivity index (χ1) is 10.2. The lowest BCUT2D eigenvalue weighted by Gasteiger charge is -2.28. The lowest BCUT2D eigenvalue weighted by molar-refractivity contribution is 0.242. The highest BCUT2D eigenvalue weighted by molar-refractivity contribution is 7.98. The number of hydrogen-bond donors (Lipinski definition) is 0. The molecule has 7 heteroatoms. The van der Waals surface area contributed by atoms with Crippen LogP contribution in [0.5, 0.6) is 0 Å². The van der Waals surface area contributed by atoms with E-state index >= 15 is 0 Å². The Balaban J connectivity index is 1.76. The third-order valence-electron chi connectivity index (χ3n) is 3.45. The van der Waals surface area contributed by atoms with Crippen molar-refractivity contribution in [3.63, 3.8) is 0 Å². The Morgan fingerprint density at radius 3 is 2.95 bits per heavy atom. The monoisotopic (exact) mass is 340 g/mol. The van der Waals surface area contributed by atoms with Gasteiger partial charge in [0.15, 0.2) is 5.16 Å². The normalized spacial score (nSPS) is 15.0. The highest BCUT2D eigenvalue weighted by atomic mass is 35.5. The van der Waals surface area contributed by atoms with Crippen molar-refractivity contribution in [1.82, 2.24) is 19.9 Å². The lowest BCUT2D eigenvalue weighted by atomic mass is 10.1. The second kappa shape index (κ2) is 6.48. The summed E-state index contributed by atoms with van der Waals surface area (Å²) in [6.45, 7) is 2.50. The van der Waals surface area contributed by atoms with Crippen molar-refractivity contribution in [1.29, 1.82) is 0 Å². The summed E-state index contributed by atoms with van der Waals surface area (Å²) in [7, 11) is 0. The van der Waals surface area contributed by atoms with Crippen LogP contribution >= 0.6 is 35.0 Å². The first-order valence-corrected chi connectivity index (χ1v) is 8.55. The number of aromatic nitrogens is 3. The first kappa shape index (κ1) is 15.0. The third-order valence-corrected chi connectivity index (χ3v) is 4.55. The van der Waals surface area contributed by atoms with Crippen LogP contribution < -0.4 is 0 Å². The van der Waals surface area contributed by atoms with Crippen LogP contribution in [0.15, 0.2) is 23.6 Å². The molecule has 0 bridgehead atoms. The number of thioether (sulfide) groups is 1. The minimum atomic E-state index is 0.513. The molecule has 0 radical (unpaired) electrons. The maximum atomic E-state index is 6.13. The molecule has 3 heterocycles. The summed E-state index contributed by atoms with van der Waals surface area (Å²) in [6, 6.07) is 1.87. The zero-order chi connectivity index (χ0) is 14.8. The highest BCUT2D eigenvalue weighted by Crippen LogP contribution is 2.24. The Kier molecular flexibility index (Phi) is 4.64. The van der Waals surface area contributed by atoms with Gasteiger partial charge in [0.1, 0.15) is 5.15 Å². The van der Waals surface area contributed by atoms with Crippen LogP contribution in [0, 0.1) is 0 Å². The van der Waals surface area contributed by atoms with Crippen LogP contribution in [0.2, 0.25) is 10.2 Å². The molecule has 2 aromatic rings. The molecule has 4 nitrogen and oxygen atoms in total. The zero-order valence-corrected chi connectivity index (χ0v) is 13.8. The van der Waals surface area contributed by atoms with Crippen LogP contribution in [0.25, 0.3) is 0 Å². The molecule has 0 saturated carbocycles. The molecule has 0 fully saturated rings. The van der Waals surface area contributed by atoms with Crippen molar-refractivity contribution in [2.24, 2.45) is 0 Å². The molecule has 0 amide bonds. The summed E-state index contributed by atoms with van der Waals surface area (Å²) in [6.07, 6.45) is 6.41. The zero-order valence-electron chi connectivity index (χ0n) is 11.5. The van der Waals surface area contributed by atoms with E-state index in [1.54, 1.807) is 18.0 Å². The largest absolute Gasteiger partial charge is 0.294 e. The molecule has 1 aliphatic rings. The van der Waals surface area contributed by atoms with Gasteiger partial charge in [0, 0.05) is 49.6 Å². The van der Waals surface area contributed by atoms with Gasteiger partial charge < -0.3 is 0 Å². The summed E-state index contributed by atoms with van der Waals surface area (Å²) < 4.78 is 0. The Bertz CT molecular complexity index is 665. The Labute approximate surface area is 137 Å². The smallest absolute Gasteiger partial charge is 0.187 e. The van der Waals surface area contributed by atoms with Crippen LogP contribution in [-0.2, 0) is 19.5 Å². The van der Waals surface area contributed by atoms with E-state index in [1.165, 1.54) is 5.56 Å². The summed E-state index contributed by atoms with van der Waals surface area (Å²) in [5, 5.41) is 1.96. The minimum absolute atomic E-state index is 0.513. The minimum Gasteiger partial charge on any atom is -0.294 e. The van der Waals surface area contributed by atoms with Gasteiger partial charge in [-0.25, -0.2) is 15.0 Å². The second-order valence-electron chi connectivity index (χ2n) is 4.89. The van der Waals surface area contributed by atoms with Crippen molar-refractivity contribution in [2.75, 3.05) is 12.8 Å². The molecule has 0 unspecified atom stereocenters. The van der Waals surface area contributed by atoms with Crippen LogP contribution in [0.4, 0.5) is 0 Å². The van der Waals surface area contributed by atoms with Crippen LogP contribution in [0.1, 0.15) is 16.8 Å². The van der Waals surface area contributed by atoms with Crippen LogP contribution in [-0.4, -0.2) is 32.7 Å². The molecule has 0 N–H and O–H groups in total. The summed E-state index contributed by atoms with van der Waals surface area (Å²) in [5.74, 6) is 0. The first-order valence-electron chi connectivity index (χ1n) is 6.57. The van der Waals surface area contributed by atoms with Crippen molar-refractivity contribution in [3.8, 4) is 0 Å². The highest BCUT2D eigenvalue weighted by Gasteiger charge is 2.19. The van der Waals surface area contributed by atoms with E-state index in [4.69, 9.17) is 23.2 Å². The maximum absolute atomic E-state index is 6.13. The fourth-order valence-electron chi connectivity index (χ4n) is 2.41. The van der Waals surface area contributed by atoms with Gasteiger partial charge in [-0.3, -0.25) is 4.90 Å². The Morgan fingerprint density at radius 2 is 2.14 bits per heavy atom. The molecule has 0 spiro atoms. The van der Waals surface area contributed by atoms with Gasteiger partial charge in [-0.05, 0) is 12.3 Å². The topological polar surface area (TPSA) is 41.9 Å². The van der Waals surface area contributed by atoms with Gasteiger partial charge in [0.05, 0.1) is 10.7 Å². The van der Waals surface area contributed by atoms with Gasteiger partial charge in [-0.2, -0.15) is 0 Å². The van der Waals surface area contributed by atoms with Gasteiger partial charge in [-0.15, -0.1) is 0 Å². The number of halogens is 2. The quantitative estimate of drug-likeness (QED) is 0.486. The van der Waals surface area contributed by atoms with E-state index in [0.29, 0.717) is 10.2 Å². The van der Waals surface area contributed by atoms with Crippen molar-refractivity contribution >= 4 is 35.0 Å². The predicted octanol–water partition coefficient (Wildman–Crippen LogP) is 3.46. The fraction of sp³-hybridized carbons (Fsp3) is 0.357. The van der Waals surface area contributed by atoms with E-state index in [9.17, 15) is 0 Å². The molecule has 2 aromatic heterocycles. The molecule has 0 atom stereocenters. The van der Waals surface area contributed by atoms with Gasteiger partial charge in [0.25, 0.3) is 0 Å². The number of hydrogen-bond acceptors (Lipinski definition) is 5. The molecule has 0 aromatic carbocycles. The summed E-state index contributed by atoms with van der Waals surface area (Å²) in [5.41, 5.74) is 3.29. The molecule has 3 rings (SSSR count). The molecule has 21 heavy (non-hydrogen) atoms. The maximum Gasteiger partial charge on any atom is 0.187 e. The van der Waals surface area contributed by atoms with E-state index in [0.717, 1.165) is 42.5 Å². The van der Waals surface area contributed by atoms with Crippen molar-refractivity contribution < 1.29 is 0 Å². The number of nitrogens with zero attached hydrogens (tertiary/aromatic N) is 4. The molecular weight excluding hydrogens is 327 g/mol. The Morgan fingerprint density at radius 1 is 1.29 bits per heavy atom. The molecule has 1 aliphatic heterocycles. The van der Waals surface area contributed by atoms with E-state index in [1.807, 2.05) is 18.5 Å². The van der Waals surface area contributed by atoms with Crippen LogP contribution in [0.3, 0.4) is 0 Å². The summed E-state index contributed by atoms with van der Waals surface area (Å²) in [4.78, 5) is 15.3. The van der Waals surface area contributed by atoms with Crippen molar-refractivity contribution in [2.45, 2.75) is 24.7 Å². The second-order valence-corrected chi connectivity index (χ2v) is 6.46. The lowest BCUT2D eigenvalue weighted by Crippen LogP contribution is -2.31. The predicted molar refractivity (Wildman–Crippen MR) is 85.9 cm³/mol. The number of fused-ring (bicyclic) bond motifs is 1. The van der Waals surface area contributed by atoms with Gasteiger partial charge in [0.2, 0.25) is 0 Å². The molecule has 0 aliphatic carbocycles. The molecule has 110 valence electrons. The molecular formula is C14H14Cl2N4S. The average molecular weight is 341 g/mol.